The molecule has 0 unspecified atom stereocenters. The second-order valence-corrected chi connectivity index (χ2v) is 6.62. The number of rotatable bonds is 6. The first-order chi connectivity index (χ1) is 10.5. The van der Waals surface area contributed by atoms with Gasteiger partial charge in [0.2, 0.25) is 5.91 Å². The first kappa shape index (κ1) is 16.5. The van der Waals surface area contributed by atoms with Gasteiger partial charge in [-0.05, 0) is 44.4 Å². The summed E-state index contributed by atoms with van der Waals surface area (Å²) in [6.45, 7) is 6.10. The fraction of sp³-hybridized carbons (Fsp3) is 0.412. The normalized spacial score (nSPS) is 12.1. The second kappa shape index (κ2) is 7.40. The number of phenols is 1. The number of nitrogens with zero attached hydrogens (tertiary/aromatic N) is 1. The van der Waals surface area contributed by atoms with Crippen LogP contribution in [0.1, 0.15) is 46.9 Å². The van der Waals surface area contributed by atoms with Crippen molar-refractivity contribution < 1.29 is 9.90 Å². The molecule has 0 radical (unpaired) electrons. The predicted octanol–water partition coefficient (Wildman–Crippen LogP) is 3.67. The lowest BCUT2D eigenvalue weighted by atomic mass is 10.1. The Balaban J connectivity index is 1.90. The molecule has 2 aromatic rings. The van der Waals surface area contributed by atoms with E-state index in [-0.39, 0.29) is 17.7 Å². The van der Waals surface area contributed by atoms with Crippen molar-refractivity contribution in [2.45, 2.75) is 46.1 Å². The van der Waals surface area contributed by atoms with Gasteiger partial charge in [-0.3, -0.25) is 4.79 Å². The molecule has 1 aromatic carbocycles. The molecule has 0 fully saturated rings. The molecule has 5 heteroatoms. The zero-order valence-corrected chi connectivity index (χ0v) is 14.0. The summed E-state index contributed by atoms with van der Waals surface area (Å²) in [7, 11) is 0. The van der Waals surface area contributed by atoms with Gasteiger partial charge < -0.3 is 10.4 Å². The van der Waals surface area contributed by atoms with E-state index in [1.807, 2.05) is 19.1 Å². The van der Waals surface area contributed by atoms with Gasteiger partial charge in [0.25, 0.3) is 0 Å². The van der Waals surface area contributed by atoms with E-state index in [2.05, 4.69) is 24.1 Å². The zero-order valence-electron chi connectivity index (χ0n) is 13.2. The number of carbonyl (C=O) groups is 1. The molecule has 0 saturated carbocycles. The Morgan fingerprint density at radius 3 is 2.55 bits per heavy atom. The molecule has 1 amide bonds. The van der Waals surface area contributed by atoms with Crippen molar-refractivity contribution in [3.8, 4) is 5.75 Å². The number of aryl methyl sites for hydroxylation is 3. The molecule has 0 aliphatic heterocycles. The van der Waals surface area contributed by atoms with Crippen LogP contribution in [-0.2, 0) is 11.2 Å². The molecule has 1 aromatic heterocycles. The van der Waals surface area contributed by atoms with Crippen LogP contribution in [0, 0.1) is 13.8 Å². The van der Waals surface area contributed by atoms with Gasteiger partial charge in [-0.1, -0.05) is 19.1 Å². The number of nitrogens with one attached hydrogen (secondary N) is 1. The molecular formula is C17H22N2O2S. The number of aromatic nitrogens is 1. The van der Waals surface area contributed by atoms with Gasteiger partial charge in [-0.15, -0.1) is 11.3 Å². The molecular weight excluding hydrogens is 296 g/mol. The van der Waals surface area contributed by atoms with Crippen LogP contribution in [0.4, 0.5) is 0 Å². The van der Waals surface area contributed by atoms with E-state index in [0.29, 0.717) is 12.8 Å². The molecule has 2 rings (SSSR count). The lowest BCUT2D eigenvalue weighted by Gasteiger charge is -2.14. The van der Waals surface area contributed by atoms with Crippen molar-refractivity contribution >= 4 is 17.2 Å². The summed E-state index contributed by atoms with van der Waals surface area (Å²) in [6, 6.07) is 6.96. The van der Waals surface area contributed by atoms with Crippen LogP contribution in [0.5, 0.6) is 5.75 Å². The van der Waals surface area contributed by atoms with Gasteiger partial charge >= 0.3 is 0 Å². The number of benzene rings is 1. The Bertz CT molecular complexity index is 615. The van der Waals surface area contributed by atoms with E-state index < -0.39 is 0 Å². The van der Waals surface area contributed by atoms with Crippen LogP contribution in [0.25, 0.3) is 0 Å². The largest absolute Gasteiger partial charge is 0.508 e. The third-order valence-corrected chi connectivity index (χ3v) is 4.85. The minimum Gasteiger partial charge on any atom is -0.508 e. The van der Waals surface area contributed by atoms with Crippen molar-refractivity contribution in [2.75, 3.05) is 0 Å². The smallest absolute Gasteiger partial charge is 0.220 e. The van der Waals surface area contributed by atoms with Crippen LogP contribution >= 0.6 is 11.3 Å². The van der Waals surface area contributed by atoms with Crippen molar-refractivity contribution in [2.24, 2.45) is 0 Å². The van der Waals surface area contributed by atoms with E-state index >= 15 is 0 Å². The summed E-state index contributed by atoms with van der Waals surface area (Å²) in [5.41, 5.74) is 2.08. The van der Waals surface area contributed by atoms with Gasteiger partial charge in [0.05, 0.1) is 11.7 Å². The number of thiazole rings is 1. The van der Waals surface area contributed by atoms with E-state index in [9.17, 15) is 9.90 Å². The molecule has 0 spiro atoms. The van der Waals surface area contributed by atoms with E-state index in [4.69, 9.17) is 0 Å². The van der Waals surface area contributed by atoms with Gasteiger partial charge in [0.15, 0.2) is 0 Å². The summed E-state index contributed by atoms with van der Waals surface area (Å²) in [5.74, 6) is 0.277. The molecule has 118 valence electrons. The Morgan fingerprint density at radius 1 is 1.32 bits per heavy atom. The lowest BCUT2D eigenvalue weighted by Crippen LogP contribution is -2.28. The van der Waals surface area contributed by atoms with Crippen molar-refractivity contribution in [3.05, 3.63) is 45.4 Å². The summed E-state index contributed by atoms with van der Waals surface area (Å²) in [6.07, 6.45) is 1.93. The third kappa shape index (κ3) is 4.31. The standard InChI is InChI=1S/C17H22N2O2S/c1-4-15(17-18-11(2)12(3)22-17)19-16(21)10-7-13-5-8-14(20)9-6-13/h5-6,8-9,15,20H,4,7,10H2,1-3H3,(H,19,21)/t15-/m0/s1. The van der Waals surface area contributed by atoms with Crippen LogP contribution in [0.2, 0.25) is 0 Å². The van der Waals surface area contributed by atoms with Crippen LogP contribution in [-0.4, -0.2) is 16.0 Å². The van der Waals surface area contributed by atoms with Crippen molar-refractivity contribution in [1.29, 1.82) is 0 Å². The van der Waals surface area contributed by atoms with Gasteiger partial charge in [-0.25, -0.2) is 4.98 Å². The van der Waals surface area contributed by atoms with E-state index in [1.54, 1.807) is 23.5 Å². The number of phenolic OH excluding ortho intramolecular Hbond substituents is 1. The molecule has 1 heterocycles. The fourth-order valence-electron chi connectivity index (χ4n) is 2.17. The molecule has 22 heavy (non-hydrogen) atoms. The molecule has 0 saturated heterocycles. The van der Waals surface area contributed by atoms with Gasteiger partial charge in [0.1, 0.15) is 10.8 Å². The molecule has 0 aliphatic carbocycles. The van der Waals surface area contributed by atoms with Crippen molar-refractivity contribution in [1.82, 2.24) is 10.3 Å². The van der Waals surface area contributed by atoms with Crippen molar-refractivity contribution in [3.63, 3.8) is 0 Å². The maximum atomic E-state index is 12.1. The number of amides is 1. The van der Waals surface area contributed by atoms with E-state index in [1.165, 1.54) is 4.88 Å². The Kier molecular flexibility index (Phi) is 5.55. The first-order valence-corrected chi connectivity index (χ1v) is 8.32. The lowest BCUT2D eigenvalue weighted by molar-refractivity contribution is -0.121. The zero-order chi connectivity index (χ0) is 16.1. The minimum atomic E-state index is -0.00952. The van der Waals surface area contributed by atoms with Gasteiger partial charge in [0, 0.05) is 11.3 Å². The Morgan fingerprint density at radius 2 is 2.00 bits per heavy atom. The number of hydrogen-bond donors (Lipinski definition) is 2. The van der Waals surface area contributed by atoms with Crippen LogP contribution in [0.15, 0.2) is 24.3 Å². The van der Waals surface area contributed by atoms with Crippen LogP contribution < -0.4 is 5.32 Å². The molecule has 2 N–H and O–H groups in total. The Hall–Kier alpha value is -1.88. The maximum Gasteiger partial charge on any atom is 0.220 e. The highest BCUT2D eigenvalue weighted by atomic mass is 32.1. The quantitative estimate of drug-likeness (QED) is 0.854. The molecule has 4 nitrogen and oxygen atoms in total. The highest BCUT2D eigenvalue weighted by molar-refractivity contribution is 7.11. The van der Waals surface area contributed by atoms with Gasteiger partial charge in [-0.2, -0.15) is 0 Å². The Labute approximate surface area is 135 Å². The molecule has 1 atom stereocenters. The number of aromatic hydroxyl groups is 1. The summed E-state index contributed by atoms with van der Waals surface area (Å²) in [4.78, 5) is 17.9. The van der Waals surface area contributed by atoms with Crippen LogP contribution in [0.3, 0.4) is 0 Å². The summed E-state index contributed by atoms with van der Waals surface area (Å²) < 4.78 is 0. The maximum absolute atomic E-state index is 12.1. The summed E-state index contributed by atoms with van der Waals surface area (Å²) >= 11 is 1.65. The third-order valence-electron chi connectivity index (χ3n) is 3.66. The minimum absolute atomic E-state index is 0.00952. The predicted molar refractivity (Wildman–Crippen MR) is 89.2 cm³/mol. The first-order valence-electron chi connectivity index (χ1n) is 7.50. The fourth-order valence-corrected chi connectivity index (χ4v) is 3.23. The SMILES string of the molecule is CC[C@H](NC(=O)CCc1ccc(O)cc1)c1nc(C)c(C)s1. The average Bonchev–Trinajstić information content (AvgIpc) is 2.83. The highest BCUT2D eigenvalue weighted by Gasteiger charge is 2.17. The molecule has 0 bridgehead atoms. The number of carbonyl (C=O) groups excluding carboxylic acids is 1. The molecule has 0 aliphatic rings. The average molecular weight is 318 g/mol. The van der Waals surface area contributed by atoms with E-state index in [0.717, 1.165) is 22.7 Å². The topological polar surface area (TPSA) is 62.2 Å². The second-order valence-electron chi connectivity index (χ2n) is 5.39. The summed E-state index contributed by atoms with van der Waals surface area (Å²) in [5, 5.41) is 13.3. The highest BCUT2D eigenvalue weighted by Crippen LogP contribution is 2.25. The number of hydrogen-bond acceptors (Lipinski definition) is 4. The monoisotopic (exact) mass is 318 g/mol.